The van der Waals surface area contributed by atoms with E-state index in [1.54, 1.807) is 12.1 Å². The van der Waals surface area contributed by atoms with Gasteiger partial charge in [0.15, 0.2) is 0 Å². The molecular formula is C22H27N3O2. The van der Waals surface area contributed by atoms with Gasteiger partial charge in [0, 0.05) is 50.0 Å². The van der Waals surface area contributed by atoms with Crippen LogP contribution in [0.4, 0.5) is 11.4 Å². The predicted molar refractivity (Wildman–Crippen MR) is 108 cm³/mol. The molecule has 5 heteroatoms. The second-order valence-corrected chi connectivity index (χ2v) is 7.71. The number of nitro groups is 1. The summed E-state index contributed by atoms with van der Waals surface area (Å²) in [6.45, 7) is 4.15. The Labute approximate surface area is 160 Å². The van der Waals surface area contributed by atoms with Crippen LogP contribution in [0.3, 0.4) is 0 Å². The molecule has 0 radical (unpaired) electrons. The third kappa shape index (κ3) is 4.14. The highest BCUT2D eigenvalue weighted by molar-refractivity contribution is 5.51. The molecule has 2 fully saturated rings. The zero-order valence-corrected chi connectivity index (χ0v) is 15.7. The summed E-state index contributed by atoms with van der Waals surface area (Å²) in [4.78, 5) is 15.5. The third-order valence-corrected chi connectivity index (χ3v) is 6.22. The summed E-state index contributed by atoms with van der Waals surface area (Å²) in [5.41, 5.74) is 2.75. The fraction of sp³-hybridized carbons (Fsp3) is 0.455. The molecule has 4 rings (SSSR count). The number of nitrogens with zero attached hydrogens (tertiary/aromatic N) is 3. The number of rotatable bonds is 4. The smallest absolute Gasteiger partial charge is 0.269 e. The largest absolute Gasteiger partial charge is 0.369 e. The van der Waals surface area contributed by atoms with Crippen LogP contribution in [0.1, 0.15) is 37.2 Å². The molecule has 142 valence electrons. The van der Waals surface area contributed by atoms with Crippen molar-refractivity contribution in [2.24, 2.45) is 0 Å². The number of nitro benzene ring substituents is 1. The Balaban J connectivity index is 1.28. The molecule has 0 spiro atoms. The minimum atomic E-state index is -0.340. The minimum absolute atomic E-state index is 0.160. The number of piperazine rings is 1. The first-order valence-corrected chi connectivity index (χ1v) is 9.99. The number of hydrogen-bond acceptors (Lipinski definition) is 4. The van der Waals surface area contributed by atoms with Gasteiger partial charge in [-0.2, -0.15) is 0 Å². The van der Waals surface area contributed by atoms with E-state index in [-0.39, 0.29) is 10.6 Å². The van der Waals surface area contributed by atoms with E-state index >= 15 is 0 Å². The Morgan fingerprint density at radius 2 is 1.44 bits per heavy atom. The van der Waals surface area contributed by atoms with Crippen LogP contribution in [-0.2, 0) is 0 Å². The highest BCUT2D eigenvalue weighted by Crippen LogP contribution is 2.35. The van der Waals surface area contributed by atoms with Crippen molar-refractivity contribution in [2.45, 2.75) is 37.6 Å². The van der Waals surface area contributed by atoms with E-state index in [2.05, 4.69) is 40.1 Å². The molecular weight excluding hydrogens is 338 g/mol. The number of hydrogen-bond donors (Lipinski definition) is 0. The first kappa shape index (κ1) is 18.0. The van der Waals surface area contributed by atoms with Crippen molar-refractivity contribution in [2.75, 3.05) is 31.1 Å². The number of non-ortho nitro benzene ring substituents is 1. The van der Waals surface area contributed by atoms with Crippen LogP contribution in [0, 0.1) is 10.1 Å². The van der Waals surface area contributed by atoms with Crippen LogP contribution in [-0.4, -0.2) is 42.0 Å². The van der Waals surface area contributed by atoms with E-state index in [9.17, 15) is 10.1 Å². The Kier molecular flexibility index (Phi) is 5.39. The van der Waals surface area contributed by atoms with Gasteiger partial charge in [0.25, 0.3) is 5.69 Å². The van der Waals surface area contributed by atoms with E-state index in [1.807, 2.05) is 12.1 Å². The molecule has 1 heterocycles. The average Bonchev–Trinajstić information content (AvgIpc) is 2.75. The second kappa shape index (κ2) is 8.09. The molecule has 1 saturated heterocycles. The van der Waals surface area contributed by atoms with Gasteiger partial charge in [0.2, 0.25) is 0 Å². The molecule has 0 N–H and O–H groups in total. The molecule has 1 saturated carbocycles. The normalized spacial score (nSPS) is 23.9. The lowest BCUT2D eigenvalue weighted by atomic mass is 9.81. The summed E-state index contributed by atoms with van der Waals surface area (Å²) < 4.78 is 0. The Hall–Kier alpha value is -2.40. The van der Waals surface area contributed by atoms with Gasteiger partial charge in [0.1, 0.15) is 0 Å². The quantitative estimate of drug-likeness (QED) is 0.593. The number of benzene rings is 2. The van der Waals surface area contributed by atoms with Crippen LogP contribution in [0.5, 0.6) is 0 Å². The molecule has 0 aromatic heterocycles. The summed E-state index contributed by atoms with van der Waals surface area (Å²) in [5, 5.41) is 10.8. The van der Waals surface area contributed by atoms with Crippen LogP contribution in [0.25, 0.3) is 0 Å². The highest BCUT2D eigenvalue weighted by atomic mass is 16.6. The molecule has 1 aliphatic carbocycles. The molecule has 5 nitrogen and oxygen atoms in total. The van der Waals surface area contributed by atoms with Crippen molar-refractivity contribution >= 4 is 11.4 Å². The van der Waals surface area contributed by atoms with Crippen molar-refractivity contribution in [3.05, 3.63) is 70.3 Å². The lowest BCUT2D eigenvalue weighted by Gasteiger charge is -2.42. The van der Waals surface area contributed by atoms with Gasteiger partial charge >= 0.3 is 0 Å². The molecule has 27 heavy (non-hydrogen) atoms. The lowest BCUT2D eigenvalue weighted by molar-refractivity contribution is -0.384. The van der Waals surface area contributed by atoms with Gasteiger partial charge in [-0.15, -0.1) is 0 Å². The highest BCUT2D eigenvalue weighted by Gasteiger charge is 2.29. The minimum Gasteiger partial charge on any atom is -0.369 e. The van der Waals surface area contributed by atoms with Crippen molar-refractivity contribution < 1.29 is 4.92 Å². The van der Waals surface area contributed by atoms with Gasteiger partial charge in [0.05, 0.1) is 4.92 Å². The molecule has 0 atom stereocenters. The van der Waals surface area contributed by atoms with Crippen molar-refractivity contribution in [1.82, 2.24) is 4.90 Å². The van der Waals surface area contributed by atoms with E-state index in [0.29, 0.717) is 6.04 Å². The maximum absolute atomic E-state index is 10.8. The molecule has 0 bridgehead atoms. The first-order chi connectivity index (χ1) is 13.2. The summed E-state index contributed by atoms with van der Waals surface area (Å²) in [6, 6.07) is 18.6. The first-order valence-electron chi connectivity index (χ1n) is 9.99. The predicted octanol–water partition coefficient (Wildman–Crippen LogP) is 4.44. The van der Waals surface area contributed by atoms with Gasteiger partial charge < -0.3 is 4.90 Å². The SMILES string of the molecule is O=[N+]([O-])c1ccc(N2CCN(C3CCC(c4ccccc4)CC3)CC2)cc1. The summed E-state index contributed by atoms with van der Waals surface area (Å²) in [7, 11) is 0. The molecule has 0 amide bonds. The second-order valence-electron chi connectivity index (χ2n) is 7.71. The molecule has 1 aliphatic heterocycles. The van der Waals surface area contributed by atoms with Crippen molar-refractivity contribution in [3.8, 4) is 0 Å². The van der Waals surface area contributed by atoms with Crippen LogP contribution in [0.15, 0.2) is 54.6 Å². The van der Waals surface area contributed by atoms with Gasteiger partial charge in [-0.05, 0) is 49.3 Å². The summed E-state index contributed by atoms with van der Waals surface area (Å²) >= 11 is 0. The molecule has 2 aromatic carbocycles. The third-order valence-electron chi connectivity index (χ3n) is 6.22. The summed E-state index contributed by atoms with van der Waals surface area (Å²) in [6.07, 6.45) is 5.16. The molecule has 2 aromatic rings. The van der Waals surface area contributed by atoms with Crippen LogP contribution < -0.4 is 4.90 Å². The Bertz CT molecular complexity index is 747. The fourth-order valence-corrected chi connectivity index (χ4v) is 4.63. The van der Waals surface area contributed by atoms with E-state index < -0.39 is 0 Å². The van der Waals surface area contributed by atoms with Crippen LogP contribution >= 0.6 is 0 Å². The van der Waals surface area contributed by atoms with Crippen molar-refractivity contribution in [1.29, 1.82) is 0 Å². The van der Waals surface area contributed by atoms with E-state index in [1.165, 1.54) is 31.2 Å². The zero-order chi connectivity index (χ0) is 18.6. The lowest BCUT2D eigenvalue weighted by Crippen LogP contribution is -2.51. The Morgan fingerprint density at radius 3 is 2.04 bits per heavy atom. The zero-order valence-electron chi connectivity index (χ0n) is 15.7. The fourth-order valence-electron chi connectivity index (χ4n) is 4.63. The van der Waals surface area contributed by atoms with Gasteiger partial charge in [-0.1, -0.05) is 30.3 Å². The topological polar surface area (TPSA) is 49.6 Å². The Morgan fingerprint density at radius 1 is 0.815 bits per heavy atom. The van der Waals surface area contributed by atoms with E-state index in [0.717, 1.165) is 37.8 Å². The standard InChI is InChI=1S/C22H27N3O2/c26-25(27)22-12-10-21(11-13-22)24-16-14-23(15-17-24)20-8-6-19(7-9-20)18-4-2-1-3-5-18/h1-5,10-13,19-20H,6-9,14-17H2. The average molecular weight is 365 g/mol. The van der Waals surface area contributed by atoms with Gasteiger partial charge in [-0.3, -0.25) is 15.0 Å². The number of anilines is 1. The van der Waals surface area contributed by atoms with E-state index in [4.69, 9.17) is 0 Å². The summed E-state index contributed by atoms with van der Waals surface area (Å²) in [5.74, 6) is 0.726. The molecule has 2 aliphatic rings. The molecule has 0 unspecified atom stereocenters. The monoisotopic (exact) mass is 365 g/mol. The van der Waals surface area contributed by atoms with Crippen LogP contribution in [0.2, 0.25) is 0 Å². The maximum Gasteiger partial charge on any atom is 0.269 e. The van der Waals surface area contributed by atoms with Crippen molar-refractivity contribution in [3.63, 3.8) is 0 Å². The van der Waals surface area contributed by atoms with Gasteiger partial charge in [-0.25, -0.2) is 0 Å². The maximum atomic E-state index is 10.8.